The maximum absolute atomic E-state index is 12.8. The van der Waals surface area contributed by atoms with E-state index in [1.165, 1.54) is 11.6 Å². The molecule has 0 atom stereocenters. The second-order valence-electron chi connectivity index (χ2n) is 7.13. The lowest BCUT2D eigenvalue weighted by atomic mass is 10.1. The fourth-order valence-corrected chi connectivity index (χ4v) is 3.69. The second-order valence-corrected chi connectivity index (χ2v) is 8.10. The minimum atomic E-state index is -0.481. The number of benzene rings is 1. The van der Waals surface area contributed by atoms with Crippen LogP contribution in [0.4, 0.5) is 0 Å². The molecule has 0 fully saturated rings. The van der Waals surface area contributed by atoms with Crippen molar-refractivity contribution in [1.82, 2.24) is 24.4 Å². The molecule has 0 spiro atoms. The highest BCUT2D eigenvalue weighted by molar-refractivity contribution is 8.00. The van der Waals surface area contributed by atoms with Crippen LogP contribution in [0.1, 0.15) is 19.4 Å². The van der Waals surface area contributed by atoms with Gasteiger partial charge in [0, 0.05) is 25.7 Å². The Morgan fingerprint density at radius 2 is 1.76 bits per heavy atom. The molecule has 3 aromatic rings. The van der Waals surface area contributed by atoms with E-state index in [2.05, 4.69) is 15.3 Å². The number of nitrogens with one attached hydrogen (secondary N) is 1. The van der Waals surface area contributed by atoms with Crippen molar-refractivity contribution in [2.75, 3.05) is 5.75 Å². The van der Waals surface area contributed by atoms with Crippen molar-refractivity contribution in [3.8, 4) is 11.4 Å². The van der Waals surface area contributed by atoms with Gasteiger partial charge in [-0.25, -0.2) is 14.8 Å². The lowest BCUT2D eigenvalue weighted by Crippen LogP contribution is -2.38. The van der Waals surface area contributed by atoms with Crippen LogP contribution >= 0.6 is 11.8 Å². The van der Waals surface area contributed by atoms with Gasteiger partial charge in [-0.3, -0.25) is 18.7 Å². The number of aryl methyl sites for hydroxylation is 2. The van der Waals surface area contributed by atoms with Crippen molar-refractivity contribution in [1.29, 1.82) is 0 Å². The number of thioether (sulfide) groups is 1. The molecule has 1 N–H and O–H groups in total. The van der Waals surface area contributed by atoms with E-state index in [9.17, 15) is 14.4 Å². The summed E-state index contributed by atoms with van der Waals surface area (Å²) >= 11 is 1.16. The van der Waals surface area contributed by atoms with Crippen molar-refractivity contribution in [2.45, 2.75) is 31.8 Å². The summed E-state index contributed by atoms with van der Waals surface area (Å²) in [6, 6.07) is 7.66. The molecule has 0 aliphatic heterocycles. The van der Waals surface area contributed by atoms with Crippen molar-refractivity contribution < 1.29 is 4.79 Å². The van der Waals surface area contributed by atoms with Crippen LogP contribution in [-0.2, 0) is 18.9 Å². The molecule has 0 bridgehead atoms. The summed E-state index contributed by atoms with van der Waals surface area (Å²) in [5.41, 5.74) is 1.15. The van der Waals surface area contributed by atoms with E-state index >= 15 is 0 Å². The predicted octanol–water partition coefficient (Wildman–Crippen LogP) is 1.62. The Labute approximate surface area is 172 Å². The van der Waals surface area contributed by atoms with Gasteiger partial charge in [0.05, 0.1) is 5.75 Å². The van der Waals surface area contributed by atoms with Gasteiger partial charge in [0.15, 0.2) is 11.5 Å². The lowest BCUT2D eigenvalue weighted by Gasteiger charge is -2.12. The number of aromatic nitrogens is 4. The van der Waals surface area contributed by atoms with Gasteiger partial charge in [0.25, 0.3) is 5.56 Å². The third kappa shape index (κ3) is 4.24. The average molecular weight is 414 g/mol. The molecule has 2 heterocycles. The molecule has 1 aromatic carbocycles. The zero-order valence-corrected chi connectivity index (χ0v) is 17.8. The summed E-state index contributed by atoms with van der Waals surface area (Å²) in [5, 5.41) is 3.42. The van der Waals surface area contributed by atoms with Crippen LogP contribution in [0.3, 0.4) is 0 Å². The Morgan fingerprint density at radius 1 is 1.10 bits per heavy atom. The first kappa shape index (κ1) is 20.8. The van der Waals surface area contributed by atoms with E-state index in [1.807, 2.05) is 45.0 Å². The zero-order chi connectivity index (χ0) is 21.3. The number of hydrogen-bond acceptors (Lipinski definition) is 6. The molecular weight excluding hydrogens is 390 g/mol. The van der Waals surface area contributed by atoms with Gasteiger partial charge in [0.2, 0.25) is 5.91 Å². The van der Waals surface area contributed by atoms with Crippen LogP contribution in [-0.4, -0.2) is 36.8 Å². The van der Waals surface area contributed by atoms with Gasteiger partial charge in [-0.2, -0.15) is 0 Å². The summed E-state index contributed by atoms with van der Waals surface area (Å²) in [4.78, 5) is 46.4. The van der Waals surface area contributed by atoms with Gasteiger partial charge in [-0.1, -0.05) is 41.6 Å². The highest BCUT2D eigenvalue weighted by atomic mass is 32.2. The molecule has 3 rings (SSSR count). The zero-order valence-electron chi connectivity index (χ0n) is 17.0. The molecule has 9 heteroatoms. The van der Waals surface area contributed by atoms with Crippen molar-refractivity contribution in [2.24, 2.45) is 14.1 Å². The van der Waals surface area contributed by atoms with E-state index in [0.717, 1.165) is 27.5 Å². The number of carbonyl (C=O) groups excluding carboxylic acids is 1. The van der Waals surface area contributed by atoms with E-state index in [0.29, 0.717) is 10.9 Å². The topological polar surface area (TPSA) is 98.9 Å². The Morgan fingerprint density at radius 3 is 2.38 bits per heavy atom. The molecule has 29 heavy (non-hydrogen) atoms. The third-order valence-electron chi connectivity index (χ3n) is 4.37. The highest BCUT2D eigenvalue weighted by Gasteiger charge is 2.19. The van der Waals surface area contributed by atoms with Crippen molar-refractivity contribution in [3.05, 3.63) is 50.7 Å². The first-order chi connectivity index (χ1) is 13.7. The van der Waals surface area contributed by atoms with E-state index < -0.39 is 11.2 Å². The summed E-state index contributed by atoms with van der Waals surface area (Å²) in [5.74, 6) is 0.340. The molecule has 152 valence electrons. The Kier molecular flexibility index (Phi) is 5.88. The standard InChI is InChI=1S/C20H23N5O3S/c1-11(2)21-14(26)10-29-18-15-17(24(4)20(28)25(5)19(15)27)22-16(23-18)13-8-6-12(3)7-9-13/h6-9,11H,10H2,1-5H3,(H,21,26). The number of hydrogen-bond donors (Lipinski definition) is 1. The first-order valence-corrected chi connectivity index (χ1v) is 10.1. The summed E-state index contributed by atoms with van der Waals surface area (Å²) < 4.78 is 2.35. The first-order valence-electron chi connectivity index (χ1n) is 9.16. The molecule has 0 radical (unpaired) electrons. The van der Waals surface area contributed by atoms with Gasteiger partial charge < -0.3 is 5.32 Å². The molecular formula is C20H23N5O3S. The number of fused-ring (bicyclic) bond motifs is 1. The monoisotopic (exact) mass is 413 g/mol. The normalized spacial score (nSPS) is 11.2. The van der Waals surface area contributed by atoms with Gasteiger partial charge in [0.1, 0.15) is 10.4 Å². The van der Waals surface area contributed by atoms with Crippen LogP contribution in [0.2, 0.25) is 0 Å². The molecule has 0 unspecified atom stereocenters. The Hall–Kier alpha value is -2.94. The Balaban J connectivity index is 2.20. The van der Waals surface area contributed by atoms with Crippen LogP contribution < -0.4 is 16.6 Å². The fourth-order valence-electron chi connectivity index (χ4n) is 2.86. The quantitative estimate of drug-likeness (QED) is 0.504. The third-order valence-corrected chi connectivity index (χ3v) is 5.34. The summed E-state index contributed by atoms with van der Waals surface area (Å²) in [7, 11) is 2.98. The average Bonchev–Trinajstić information content (AvgIpc) is 2.68. The SMILES string of the molecule is Cc1ccc(-c2nc(SCC(=O)NC(C)C)c3c(=O)n(C)c(=O)n(C)c3n2)cc1. The van der Waals surface area contributed by atoms with E-state index in [1.54, 1.807) is 7.05 Å². The van der Waals surface area contributed by atoms with Crippen molar-refractivity contribution in [3.63, 3.8) is 0 Å². The van der Waals surface area contributed by atoms with Crippen LogP contribution in [0.15, 0.2) is 38.9 Å². The Bertz CT molecular complexity index is 1200. The maximum atomic E-state index is 12.8. The summed E-state index contributed by atoms with van der Waals surface area (Å²) in [6.07, 6.45) is 0. The molecule has 0 saturated heterocycles. The van der Waals surface area contributed by atoms with Gasteiger partial charge in [-0.05, 0) is 20.8 Å². The number of carbonyl (C=O) groups is 1. The van der Waals surface area contributed by atoms with Crippen LogP contribution in [0.25, 0.3) is 22.4 Å². The number of amides is 1. The fraction of sp³-hybridized carbons (Fsp3) is 0.350. The molecule has 0 aliphatic carbocycles. The van der Waals surface area contributed by atoms with Crippen LogP contribution in [0, 0.1) is 6.92 Å². The van der Waals surface area contributed by atoms with E-state index in [-0.39, 0.29) is 28.7 Å². The lowest BCUT2D eigenvalue weighted by molar-refractivity contribution is -0.119. The predicted molar refractivity (Wildman–Crippen MR) is 114 cm³/mol. The molecule has 0 saturated carbocycles. The maximum Gasteiger partial charge on any atom is 0.332 e. The van der Waals surface area contributed by atoms with E-state index in [4.69, 9.17) is 0 Å². The number of rotatable bonds is 5. The highest BCUT2D eigenvalue weighted by Crippen LogP contribution is 2.26. The summed E-state index contributed by atoms with van der Waals surface area (Å²) in [6.45, 7) is 5.74. The van der Waals surface area contributed by atoms with Gasteiger partial charge >= 0.3 is 5.69 Å². The van der Waals surface area contributed by atoms with Crippen molar-refractivity contribution >= 4 is 28.7 Å². The van der Waals surface area contributed by atoms with Gasteiger partial charge in [-0.15, -0.1) is 0 Å². The molecule has 1 amide bonds. The largest absolute Gasteiger partial charge is 0.353 e. The van der Waals surface area contributed by atoms with Crippen LogP contribution in [0.5, 0.6) is 0 Å². The number of nitrogens with zero attached hydrogens (tertiary/aromatic N) is 4. The minimum Gasteiger partial charge on any atom is -0.353 e. The second kappa shape index (κ2) is 8.20. The minimum absolute atomic E-state index is 0.0158. The smallest absolute Gasteiger partial charge is 0.332 e. The molecule has 0 aliphatic rings. The molecule has 2 aromatic heterocycles. The molecule has 8 nitrogen and oxygen atoms in total.